The highest BCUT2D eigenvalue weighted by Crippen LogP contribution is 2.18. The molecule has 100 valence electrons. The highest BCUT2D eigenvalue weighted by molar-refractivity contribution is 4.98. The predicted octanol–water partition coefficient (Wildman–Crippen LogP) is 0.997. The molecule has 3 rings (SSSR count). The molecule has 0 unspecified atom stereocenters. The van der Waals surface area contributed by atoms with Crippen LogP contribution in [0.15, 0.2) is 41.7 Å². The van der Waals surface area contributed by atoms with E-state index in [0.29, 0.717) is 12.6 Å². The fourth-order valence-electron chi connectivity index (χ4n) is 2.02. The summed E-state index contributed by atoms with van der Waals surface area (Å²) in [6.45, 7) is 2.27. The maximum Gasteiger partial charge on any atom is 0.250 e. The average molecular weight is 258 g/mol. The third kappa shape index (κ3) is 3.32. The minimum Gasteiger partial charge on any atom is -0.335 e. The average Bonchev–Trinajstić information content (AvgIpc) is 3.14. The second kappa shape index (κ2) is 5.40. The lowest BCUT2D eigenvalue weighted by Gasteiger charge is -2.05. The molecule has 0 amide bonds. The van der Waals surface area contributed by atoms with Gasteiger partial charge in [-0.05, 0) is 18.9 Å². The summed E-state index contributed by atoms with van der Waals surface area (Å²) in [5, 5.41) is 3.44. The van der Waals surface area contributed by atoms with Crippen molar-refractivity contribution >= 4 is 0 Å². The topological polar surface area (TPSA) is 51.9 Å². The minimum absolute atomic E-state index is 0.0400. The summed E-state index contributed by atoms with van der Waals surface area (Å²) in [5.41, 5.74) is 1.10. The van der Waals surface area contributed by atoms with Crippen LogP contribution in [0.1, 0.15) is 18.5 Å². The molecular formula is C14H18N4O. The van der Waals surface area contributed by atoms with Gasteiger partial charge in [-0.25, -0.2) is 4.98 Å². The van der Waals surface area contributed by atoms with Gasteiger partial charge in [0.2, 0.25) is 0 Å². The van der Waals surface area contributed by atoms with Crippen LogP contribution in [-0.4, -0.2) is 20.2 Å². The molecule has 1 aliphatic rings. The molecule has 2 aromatic heterocycles. The molecule has 1 fully saturated rings. The van der Waals surface area contributed by atoms with Crippen LogP contribution in [-0.2, 0) is 19.6 Å². The third-order valence-electron chi connectivity index (χ3n) is 3.33. The molecule has 0 radical (unpaired) electrons. The molecule has 0 atom stereocenters. The fourth-order valence-corrected chi connectivity index (χ4v) is 2.02. The maximum absolute atomic E-state index is 11.6. The Balaban J connectivity index is 1.54. The number of hydrogen-bond donors (Lipinski definition) is 1. The molecule has 1 saturated carbocycles. The van der Waals surface area contributed by atoms with Gasteiger partial charge >= 0.3 is 0 Å². The van der Waals surface area contributed by atoms with Crippen molar-refractivity contribution in [3.63, 3.8) is 0 Å². The Kier molecular flexibility index (Phi) is 3.46. The van der Waals surface area contributed by atoms with Crippen LogP contribution in [0.25, 0.3) is 0 Å². The van der Waals surface area contributed by atoms with Crippen molar-refractivity contribution < 1.29 is 0 Å². The minimum atomic E-state index is 0.0400. The molecular weight excluding hydrogens is 240 g/mol. The van der Waals surface area contributed by atoms with E-state index in [2.05, 4.69) is 10.3 Å². The van der Waals surface area contributed by atoms with E-state index in [1.165, 1.54) is 12.8 Å². The number of imidazole rings is 1. The summed E-state index contributed by atoms with van der Waals surface area (Å²) in [7, 11) is 0. The standard InChI is InChI=1S/C14H18N4O/c19-14-3-1-2-6-18(14)8-7-17-10-13(16-11-17)9-15-12-4-5-12/h1-3,6,10-12,15H,4-5,7-9H2. The first-order valence-electron chi connectivity index (χ1n) is 6.71. The van der Waals surface area contributed by atoms with Crippen molar-refractivity contribution in [1.29, 1.82) is 0 Å². The lowest BCUT2D eigenvalue weighted by atomic mass is 10.4. The highest BCUT2D eigenvalue weighted by Gasteiger charge is 2.20. The van der Waals surface area contributed by atoms with Crippen molar-refractivity contribution in [3.8, 4) is 0 Å². The normalized spacial score (nSPS) is 14.7. The zero-order chi connectivity index (χ0) is 13.1. The predicted molar refractivity (Wildman–Crippen MR) is 72.8 cm³/mol. The van der Waals surface area contributed by atoms with Crippen LogP contribution < -0.4 is 10.9 Å². The van der Waals surface area contributed by atoms with Crippen molar-refractivity contribution in [2.24, 2.45) is 0 Å². The molecule has 5 heteroatoms. The molecule has 0 aromatic carbocycles. The lowest BCUT2D eigenvalue weighted by molar-refractivity contribution is 0.564. The number of hydrogen-bond acceptors (Lipinski definition) is 3. The number of pyridine rings is 1. The SMILES string of the molecule is O=c1ccccn1CCn1cnc(CNC2CC2)c1. The number of aryl methyl sites for hydroxylation is 2. The zero-order valence-electron chi connectivity index (χ0n) is 10.8. The van der Waals surface area contributed by atoms with E-state index in [0.717, 1.165) is 18.8 Å². The monoisotopic (exact) mass is 258 g/mol. The second-order valence-corrected chi connectivity index (χ2v) is 4.99. The molecule has 1 aliphatic carbocycles. The lowest BCUT2D eigenvalue weighted by Crippen LogP contribution is -2.20. The summed E-state index contributed by atoms with van der Waals surface area (Å²) in [6, 6.07) is 5.92. The van der Waals surface area contributed by atoms with Crippen LogP contribution in [0.3, 0.4) is 0 Å². The van der Waals surface area contributed by atoms with Crippen molar-refractivity contribution in [3.05, 3.63) is 53.0 Å². The summed E-state index contributed by atoms with van der Waals surface area (Å²) in [6.07, 6.45) is 8.27. The number of rotatable bonds is 6. The number of aromatic nitrogens is 3. The van der Waals surface area contributed by atoms with Crippen molar-refractivity contribution in [2.75, 3.05) is 0 Å². The van der Waals surface area contributed by atoms with E-state index in [-0.39, 0.29) is 5.56 Å². The molecule has 5 nitrogen and oxygen atoms in total. The van der Waals surface area contributed by atoms with Gasteiger partial charge in [-0.1, -0.05) is 6.07 Å². The molecule has 2 aromatic rings. The summed E-state index contributed by atoms with van der Waals surface area (Å²) in [4.78, 5) is 15.9. The molecule has 0 spiro atoms. The smallest absolute Gasteiger partial charge is 0.250 e. The largest absolute Gasteiger partial charge is 0.335 e. The van der Waals surface area contributed by atoms with Crippen LogP contribution in [0, 0.1) is 0 Å². The van der Waals surface area contributed by atoms with E-state index >= 15 is 0 Å². The Bertz CT molecular complexity index is 597. The molecule has 0 bridgehead atoms. The van der Waals surface area contributed by atoms with Gasteiger partial charge in [0.1, 0.15) is 0 Å². The van der Waals surface area contributed by atoms with Crippen LogP contribution in [0.2, 0.25) is 0 Å². The molecule has 0 saturated heterocycles. The van der Waals surface area contributed by atoms with Gasteiger partial charge in [0.25, 0.3) is 5.56 Å². The van der Waals surface area contributed by atoms with Gasteiger partial charge in [0.15, 0.2) is 0 Å². The first kappa shape index (κ1) is 12.2. The third-order valence-corrected chi connectivity index (χ3v) is 3.33. The van der Waals surface area contributed by atoms with E-state index in [1.54, 1.807) is 16.7 Å². The van der Waals surface area contributed by atoms with E-state index < -0.39 is 0 Å². The van der Waals surface area contributed by atoms with Crippen LogP contribution in [0.5, 0.6) is 0 Å². The van der Waals surface area contributed by atoms with Crippen LogP contribution >= 0.6 is 0 Å². The Morgan fingerprint density at radius 2 is 2.21 bits per heavy atom. The second-order valence-electron chi connectivity index (χ2n) is 4.99. The Labute approximate surface area is 111 Å². The highest BCUT2D eigenvalue weighted by atomic mass is 16.1. The van der Waals surface area contributed by atoms with Crippen molar-refractivity contribution in [1.82, 2.24) is 19.4 Å². The van der Waals surface area contributed by atoms with Gasteiger partial charge < -0.3 is 14.5 Å². The van der Waals surface area contributed by atoms with E-state index in [1.807, 2.05) is 29.4 Å². The van der Waals surface area contributed by atoms with Gasteiger partial charge in [0, 0.05) is 44.1 Å². The number of nitrogens with zero attached hydrogens (tertiary/aromatic N) is 3. The molecule has 0 aliphatic heterocycles. The molecule has 19 heavy (non-hydrogen) atoms. The van der Waals surface area contributed by atoms with Crippen molar-refractivity contribution in [2.45, 2.75) is 38.5 Å². The van der Waals surface area contributed by atoms with Gasteiger partial charge in [-0.3, -0.25) is 4.79 Å². The van der Waals surface area contributed by atoms with E-state index in [9.17, 15) is 4.79 Å². The van der Waals surface area contributed by atoms with Gasteiger partial charge in [-0.15, -0.1) is 0 Å². The Morgan fingerprint density at radius 1 is 1.32 bits per heavy atom. The first-order chi connectivity index (χ1) is 9.31. The summed E-state index contributed by atoms with van der Waals surface area (Å²) >= 11 is 0. The first-order valence-corrected chi connectivity index (χ1v) is 6.71. The van der Waals surface area contributed by atoms with Crippen LogP contribution in [0.4, 0.5) is 0 Å². The quantitative estimate of drug-likeness (QED) is 0.841. The molecule has 1 N–H and O–H groups in total. The number of nitrogens with one attached hydrogen (secondary N) is 1. The Morgan fingerprint density at radius 3 is 3.00 bits per heavy atom. The summed E-state index contributed by atoms with van der Waals surface area (Å²) in [5.74, 6) is 0. The van der Waals surface area contributed by atoms with Gasteiger partial charge in [-0.2, -0.15) is 0 Å². The van der Waals surface area contributed by atoms with E-state index in [4.69, 9.17) is 0 Å². The maximum atomic E-state index is 11.6. The molecule has 2 heterocycles. The zero-order valence-corrected chi connectivity index (χ0v) is 10.8. The van der Waals surface area contributed by atoms with Gasteiger partial charge in [0.05, 0.1) is 12.0 Å². The Hall–Kier alpha value is -1.88. The summed E-state index contributed by atoms with van der Waals surface area (Å²) < 4.78 is 3.74. The fraction of sp³-hybridized carbons (Fsp3) is 0.429.